The Morgan fingerprint density at radius 2 is 2.05 bits per heavy atom. The monoisotopic (exact) mass is 275 g/mol. The van der Waals surface area contributed by atoms with E-state index in [9.17, 15) is 4.79 Å². The first-order chi connectivity index (χ1) is 10.3. The number of H-pyrrole nitrogens is 1. The highest BCUT2D eigenvalue weighted by atomic mass is 16.1. The normalized spacial score (nSPS) is 9.90. The van der Waals surface area contributed by atoms with Crippen molar-refractivity contribution >= 4 is 16.9 Å². The number of carbonyl (C=O) groups is 1. The first-order valence-corrected chi connectivity index (χ1v) is 6.58. The van der Waals surface area contributed by atoms with Crippen LogP contribution >= 0.6 is 0 Å². The van der Waals surface area contributed by atoms with Gasteiger partial charge in [0.1, 0.15) is 0 Å². The highest BCUT2D eigenvalue weighted by Crippen LogP contribution is 2.11. The van der Waals surface area contributed by atoms with E-state index in [0.29, 0.717) is 12.1 Å². The summed E-state index contributed by atoms with van der Waals surface area (Å²) in [4.78, 5) is 19.1. The minimum absolute atomic E-state index is 0.145. The summed E-state index contributed by atoms with van der Waals surface area (Å²) >= 11 is 0. The molecule has 0 fully saturated rings. The van der Waals surface area contributed by atoms with Gasteiger partial charge in [-0.1, -0.05) is 30.0 Å². The van der Waals surface area contributed by atoms with Gasteiger partial charge in [-0.3, -0.25) is 4.79 Å². The standard InChI is InChI=1S/C17H13N3O/c21-17(14-8-9-15-16(11-14)20-12-19-15)18-10-4-7-13-5-2-1-3-6-13/h1-3,5-6,8-9,11-12H,10H2,(H,18,21)(H,19,20). The molecule has 0 saturated carbocycles. The molecule has 0 aliphatic carbocycles. The number of hydrogen-bond acceptors (Lipinski definition) is 2. The van der Waals surface area contributed by atoms with Gasteiger partial charge in [0.15, 0.2) is 0 Å². The summed E-state index contributed by atoms with van der Waals surface area (Å²) in [5, 5.41) is 2.78. The molecule has 4 nitrogen and oxygen atoms in total. The zero-order valence-electron chi connectivity index (χ0n) is 11.3. The molecule has 1 heterocycles. The predicted octanol–water partition coefficient (Wildman–Crippen LogP) is 2.34. The van der Waals surface area contributed by atoms with Gasteiger partial charge in [-0.05, 0) is 30.3 Å². The second kappa shape index (κ2) is 5.93. The van der Waals surface area contributed by atoms with Crippen LogP contribution < -0.4 is 5.32 Å². The number of imidazole rings is 1. The van der Waals surface area contributed by atoms with E-state index in [1.807, 2.05) is 36.4 Å². The number of aromatic nitrogens is 2. The number of hydrogen-bond donors (Lipinski definition) is 2. The van der Waals surface area contributed by atoms with Crippen molar-refractivity contribution < 1.29 is 4.79 Å². The lowest BCUT2D eigenvalue weighted by atomic mass is 10.2. The topological polar surface area (TPSA) is 57.8 Å². The van der Waals surface area contributed by atoms with Crippen molar-refractivity contribution in [2.45, 2.75) is 0 Å². The summed E-state index contributed by atoms with van der Waals surface area (Å²) in [6, 6.07) is 15.0. The summed E-state index contributed by atoms with van der Waals surface area (Å²) in [6.07, 6.45) is 1.61. The molecule has 2 aromatic carbocycles. The van der Waals surface area contributed by atoms with Gasteiger partial charge in [0.05, 0.1) is 23.9 Å². The Hall–Kier alpha value is -3.06. The summed E-state index contributed by atoms with van der Waals surface area (Å²) in [5.41, 5.74) is 3.22. The van der Waals surface area contributed by atoms with Crippen LogP contribution in [0, 0.1) is 11.8 Å². The van der Waals surface area contributed by atoms with Gasteiger partial charge in [0.25, 0.3) is 5.91 Å². The lowest BCUT2D eigenvalue weighted by Gasteiger charge is -2.01. The number of benzene rings is 2. The third kappa shape index (κ3) is 3.10. The van der Waals surface area contributed by atoms with Crippen molar-refractivity contribution in [3.05, 3.63) is 66.0 Å². The Balaban J connectivity index is 1.63. The van der Waals surface area contributed by atoms with Gasteiger partial charge >= 0.3 is 0 Å². The predicted molar refractivity (Wildman–Crippen MR) is 81.7 cm³/mol. The largest absolute Gasteiger partial charge is 0.345 e. The van der Waals surface area contributed by atoms with Gasteiger partial charge in [0.2, 0.25) is 0 Å². The van der Waals surface area contributed by atoms with Crippen LogP contribution in [0.1, 0.15) is 15.9 Å². The maximum Gasteiger partial charge on any atom is 0.252 e. The molecule has 4 heteroatoms. The molecule has 1 aromatic heterocycles. The SMILES string of the molecule is O=C(NCC#Cc1ccccc1)c1ccc2nc[nH]c2c1. The first kappa shape index (κ1) is 12.9. The molecule has 1 amide bonds. The fourth-order valence-corrected chi connectivity index (χ4v) is 1.97. The molecule has 102 valence electrons. The number of nitrogens with one attached hydrogen (secondary N) is 2. The molecular weight excluding hydrogens is 262 g/mol. The molecule has 0 bridgehead atoms. The van der Waals surface area contributed by atoms with Gasteiger partial charge in [-0.25, -0.2) is 4.98 Å². The maximum atomic E-state index is 12.0. The first-order valence-electron chi connectivity index (χ1n) is 6.58. The van der Waals surface area contributed by atoms with Crippen molar-refractivity contribution in [1.82, 2.24) is 15.3 Å². The number of amides is 1. The Kier molecular flexibility index (Phi) is 3.66. The van der Waals surface area contributed by atoms with E-state index in [2.05, 4.69) is 27.1 Å². The smallest absolute Gasteiger partial charge is 0.252 e. The van der Waals surface area contributed by atoms with Crippen LogP contribution in [-0.4, -0.2) is 22.4 Å². The Morgan fingerprint density at radius 3 is 2.90 bits per heavy atom. The number of aromatic amines is 1. The van der Waals surface area contributed by atoms with Crippen LogP contribution in [0.2, 0.25) is 0 Å². The molecular formula is C17H13N3O. The van der Waals surface area contributed by atoms with Crippen molar-refractivity contribution in [3.63, 3.8) is 0 Å². The fraction of sp³-hybridized carbons (Fsp3) is 0.0588. The zero-order chi connectivity index (χ0) is 14.5. The Labute approximate surface area is 122 Å². The van der Waals surface area contributed by atoms with Crippen molar-refractivity contribution in [2.75, 3.05) is 6.54 Å². The van der Waals surface area contributed by atoms with Crippen molar-refractivity contribution in [2.24, 2.45) is 0 Å². The quantitative estimate of drug-likeness (QED) is 0.705. The Morgan fingerprint density at radius 1 is 1.19 bits per heavy atom. The zero-order valence-corrected chi connectivity index (χ0v) is 11.3. The highest BCUT2D eigenvalue weighted by molar-refractivity contribution is 5.97. The number of nitrogens with zero attached hydrogens (tertiary/aromatic N) is 1. The average molecular weight is 275 g/mol. The van der Waals surface area contributed by atoms with Crippen LogP contribution in [0.5, 0.6) is 0 Å². The molecule has 0 aliphatic heterocycles. The van der Waals surface area contributed by atoms with E-state index in [1.54, 1.807) is 18.5 Å². The van der Waals surface area contributed by atoms with E-state index in [0.717, 1.165) is 16.6 Å². The van der Waals surface area contributed by atoms with E-state index < -0.39 is 0 Å². The van der Waals surface area contributed by atoms with Crippen LogP contribution in [-0.2, 0) is 0 Å². The van der Waals surface area contributed by atoms with Crippen LogP contribution in [0.25, 0.3) is 11.0 Å². The molecule has 3 rings (SSSR count). The molecule has 0 unspecified atom stereocenters. The van der Waals surface area contributed by atoms with E-state index in [1.165, 1.54) is 0 Å². The van der Waals surface area contributed by atoms with Crippen LogP contribution in [0.15, 0.2) is 54.9 Å². The number of rotatable bonds is 2. The van der Waals surface area contributed by atoms with E-state index in [-0.39, 0.29) is 5.91 Å². The summed E-state index contributed by atoms with van der Waals surface area (Å²) in [5.74, 6) is 5.78. The van der Waals surface area contributed by atoms with Gasteiger partial charge in [0, 0.05) is 11.1 Å². The van der Waals surface area contributed by atoms with Gasteiger partial charge < -0.3 is 10.3 Å². The van der Waals surface area contributed by atoms with Gasteiger partial charge in [-0.2, -0.15) is 0 Å². The number of fused-ring (bicyclic) bond motifs is 1. The van der Waals surface area contributed by atoms with E-state index in [4.69, 9.17) is 0 Å². The molecule has 0 radical (unpaired) electrons. The minimum Gasteiger partial charge on any atom is -0.345 e. The summed E-state index contributed by atoms with van der Waals surface area (Å²) in [6.45, 7) is 0.314. The summed E-state index contributed by atoms with van der Waals surface area (Å²) in [7, 11) is 0. The minimum atomic E-state index is -0.145. The van der Waals surface area contributed by atoms with E-state index >= 15 is 0 Å². The van der Waals surface area contributed by atoms with Crippen LogP contribution in [0.3, 0.4) is 0 Å². The maximum absolute atomic E-state index is 12.0. The summed E-state index contributed by atoms with van der Waals surface area (Å²) < 4.78 is 0. The average Bonchev–Trinajstić information content (AvgIpc) is 3.00. The molecule has 0 atom stereocenters. The highest BCUT2D eigenvalue weighted by Gasteiger charge is 2.05. The molecule has 3 aromatic rings. The van der Waals surface area contributed by atoms with Gasteiger partial charge in [-0.15, -0.1) is 0 Å². The third-order valence-electron chi connectivity index (χ3n) is 3.03. The molecule has 0 aliphatic rings. The second-order valence-corrected chi connectivity index (χ2v) is 4.48. The fourth-order valence-electron chi connectivity index (χ4n) is 1.97. The van der Waals surface area contributed by atoms with Crippen molar-refractivity contribution in [1.29, 1.82) is 0 Å². The van der Waals surface area contributed by atoms with Crippen LogP contribution in [0.4, 0.5) is 0 Å². The second-order valence-electron chi connectivity index (χ2n) is 4.48. The Bertz CT molecular complexity index is 825. The lowest BCUT2D eigenvalue weighted by Crippen LogP contribution is -2.23. The molecule has 2 N–H and O–H groups in total. The molecule has 0 saturated heterocycles. The lowest BCUT2D eigenvalue weighted by molar-refractivity contribution is 0.0959. The number of carbonyl (C=O) groups excluding carboxylic acids is 1. The third-order valence-corrected chi connectivity index (χ3v) is 3.03. The molecule has 21 heavy (non-hydrogen) atoms. The van der Waals surface area contributed by atoms with Crippen molar-refractivity contribution in [3.8, 4) is 11.8 Å². The molecule has 0 spiro atoms.